The highest BCUT2D eigenvalue weighted by Crippen LogP contribution is 2.19. The normalized spacial score (nSPS) is 15.7. The van der Waals surface area contributed by atoms with Gasteiger partial charge in [0.15, 0.2) is 5.96 Å². The fraction of sp³-hybridized carbons (Fsp3) is 0.700. The lowest BCUT2D eigenvalue weighted by Crippen LogP contribution is -2.45. The zero-order chi connectivity index (χ0) is 20.0. The highest BCUT2D eigenvalue weighted by Gasteiger charge is 2.17. The molecule has 28 heavy (non-hydrogen) atoms. The maximum absolute atomic E-state index is 5.49. The number of guanidine groups is 1. The van der Waals surface area contributed by atoms with Crippen LogP contribution in [0.25, 0.3) is 0 Å². The van der Waals surface area contributed by atoms with E-state index in [1.165, 1.54) is 0 Å². The number of piperazine rings is 1. The number of ether oxygens (including phenoxy) is 2. The van der Waals surface area contributed by atoms with Gasteiger partial charge < -0.3 is 29.9 Å². The number of pyridine rings is 1. The fourth-order valence-electron chi connectivity index (χ4n) is 2.99. The molecule has 0 saturated carbocycles. The van der Waals surface area contributed by atoms with E-state index in [2.05, 4.69) is 45.5 Å². The number of hydrogen-bond acceptors (Lipinski definition) is 6. The summed E-state index contributed by atoms with van der Waals surface area (Å²) in [4.78, 5) is 14.1. The molecule has 0 bridgehead atoms. The minimum atomic E-state index is 0.606. The molecular formula is C20H36N6O2. The number of hydrogen-bond donors (Lipinski definition) is 2. The quantitative estimate of drug-likeness (QED) is 0.330. The van der Waals surface area contributed by atoms with Crippen molar-refractivity contribution in [3.63, 3.8) is 0 Å². The zero-order valence-corrected chi connectivity index (χ0v) is 17.6. The van der Waals surface area contributed by atoms with E-state index in [0.717, 1.165) is 63.0 Å². The van der Waals surface area contributed by atoms with Gasteiger partial charge in [0.1, 0.15) is 5.82 Å². The minimum absolute atomic E-state index is 0.606. The van der Waals surface area contributed by atoms with Crippen molar-refractivity contribution in [2.75, 3.05) is 78.1 Å². The summed E-state index contributed by atoms with van der Waals surface area (Å²) in [6.07, 6.45) is 2.79. The van der Waals surface area contributed by atoms with Crippen LogP contribution in [0.2, 0.25) is 0 Å². The first kappa shape index (κ1) is 22.4. The number of nitrogens with zero attached hydrogens (tertiary/aromatic N) is 4. The van der Waals surface area contributed by atoms with Gasteiger partial charge in [-0.2, -0.15) is 0 Å². The van der Waals surface area contributed by atoms with Crippen LogP contribution >= 0.6 is 0 Å². The van der Waals surface area contributed by atoms with Crippen molar-refractivity contribution in [3.8, 4) is 0 Å². The average Bonchev–Trinajstić information content (AvgIpc) is 2.72. The topological polar surface area (TPSA) is 74.3 Å². The second kappa shape index (κ2) is 13.3. The Morgan fingerprint density at radius 1 is 1.18 bits per heavy atom. The maximum Gasteiger partial charge on any atom is 0.191 e. The monoisotopic (exact) mass is 392 g/mol. The Balaban J connectivity index is 1.86. The zero-order valence-electron chi connectivity index (χ0n) is 17.6. The molecule has 0 unspecified atom stereocenters. The molecule has 1 aromatic rings. The van der Waals surface area contributed by atoms with Crippen molar-refractivity contribution in [1.29, 1.82) is 0 Å². The molecule has 1 aromatic heterocycles. The number of rotatable bonds is 11. The van der Waals surface area contributed by atoms with Crippen LogP contribution in [0.3, 0.4) is 0 Å². The third-order valence-corrected chi connectivity index (χ3v) is 4.61. The summed E-state index contributed by atoms with van der Waals surface area (Å²) < 4.78 is 10.5. The molecule has 0 spiro atoms. The van der Waals surface area contributed by atoms with E-state index in [4.69, 9.17) is 14.5 Å². The van der Waals surface area contributed by atoms with E-state index in [0.29, 0.717) is 26.4 Å². The predicted molar refractivity (Wildman–Crippen MR) is 114 cm³/mol. The average molecular weight is 393 g/mol. The van der Waals surface area contributed by atoms with Crippen molar-refractivity contribution < 1.29 is 9.47 Å². The molecule has 0 atom stereocenters. The van der Waals surface area contributed by atoms with Gasteiger partial charge in [-0.25, -0.2) is 9.98 Å². The van der Waals surface area contributed by atoms with Gasteiger partial charge in [0.25, 0.3) is 0 Å². The molecule has 1 fully saturated rings. The van der Waals surface area contributed by atoms with Gasteiger partial charge in [0.2, 0.25) is 0 Å². The molecule has 0 aliphatic carbocycles. The number of aliphatic imine (C=N–C) groups is 1. The summed E-state index contributed by atoms with van der Waals surface area (Å²) in [5.41, 5.74) is 1.16. The third kappa shape index (κ3) is 8.00. The van der Waals surface area contributed by atoms with Gasteiger partial charge in [0.05, 0.1) is 19.8 Å². The number of aromatic nitrogens is 1. The minimum Gasteiger partial charge on any atom is -0.382 e. The van der Waals surface area contributed by atoms with Gasteiger partial charge in [-0.05, 0) is 26.5 Å². The molecule has 8 nitrogen and oxygen atoms in total. The van der Waals surface area contributed by atoms with Crippen LogP contribution in [0.1, 0.15) is 18.9 Å². The van der Waals surface area contributed by atoms with Crippen molar-refractivity contribution in [2.45, 2.75) is 19.9 Å². The summed E-state index contributed by atoms with van der Waals surface area (Å²) in [6, 6.07) is 4.11. The van der Waals surface area contributed by atoms with Gasteiger partial charge in [-0.3, -0.25) is 0 Å². The first-order valence-corrected chi connectivity index (χ1v) is 10.2. The summed E-state index contributed by atoms with van der Waals surface area (Å²) in [7, 11) is 3.85. The summed E-state index contributed by atoms with van der Waals surface area (Å²) in [5.74, 6) is 1.88. The Labute approximate surface area is 169 Å². The number of nitrogens with one attached hydrogen (secondary N) is 2. The first-order chi connectivity index (χ1) is 13.7. The van der Waals surface area contributed by atoms with Gasteiger partial charge in [-0.15, -0.1) is 0 Å². The van der Waals surface area contributed by atoms with E-state index in [1.807, 2.05) is 12.3 Å². The summed E-state index contributed by atoms with van der Waals surface area (Å²) >= 11 is 0. The van der Waals surface area contributed by atoms with Crippen LogP contribution in [0.5, 0.6) is 0 Å². The number of methoxy groups -OCH3 is 1. The molecule has 158 valence electrons. The SMILES string of the molecule is CCNC(=NCc1cccnc1N1CCN(C)CC1)NCCCOCCOC. The van der Waals surface area contributed by atoms with Gasteiger partial charge >= 0.3 is 0 Å². The van der Waals surface area contributed by atoms with E-state index < -0.39 is 0 Å². The smallest absolute Gasteiger partial charge is 0.191 e. The maximum atomic E-state index is 5.49. The summed E-state index contributed by atoms with van der Waals surface area (Å²) in [5, 5.41) is 6.68. The van der Waals surface area contributed by atoms with Crippen LogP contribution in [0, 0.1) is 0 Å². The highest BCUT2D eigenvalue weighted by atomic mass is 16.5. The van der Waals surface area contributed by atoms with E-state index in [9.17, 15) is 0 Å². The molecule has 0 amide bonds. The Hall–Kier alpha value is -1.90. The second-order valence-electron chi connectivity index (χ2n) is 6.86. The molecule has 2 N–H and O–H groups in total. The van der Waals surface area contributed by atoms with Crippen molar-refractivity contribution in [3.05, 3.63) is 23.9 Å². The summed E-state index contributed by atoms with van der Waals surface area (Å²) in [6.45, 7) is 10.5. The van der Waals surface area contributed by atoms with Gasteiger partial charge in [0, 0.05) is 64.7 Å². The van der Waals surface area contributed by atoms with Crippen molar-refractivity contribution in [1.82, 2.24) is 20.5 Å². The molecule has 2 heterocycles. The van der Waals surface area contributed by atoms with Gasteiger partial charge in [-0.1, -0.05) is 6.07 Å². The van der Waals surface area contributed by atoms with Crippen molar-refractivity contribution >= 4 is 11.8 Å². The largest absolute Gasteiger partial charge is 0.382 e. The molecule has 2 rings (SSSR count). The number of anilines is 1. The van der Waals surface area contributed by atoms with Crippen molar-refractivity contribution in [2.24, 2.45) is 4.99 Å². The molecule has 0 radical (unpaired) electrons. The van der Waals surface area contributed by atoms with Crippen LogP contribution in [0.4, 0.5) is 5.82 Å². The van der Waals surface area contributed by atoms with Crippen LogP contribution in [-0.2, 0) is 16.0 Å². The Kier molecular flexibility index (Phi) is 10.6. The fourth-order valence-corrected chi connectivity index (χ4v) is 2.99. The Morgan fingerprint density at radius 2 is 2.00 bits per heavy atom. The van der Waals surface area contributed by atoms with Crippen LogP contribution in [0.15, 0.2) is 23.3 Å². The van der Waals surface area contributed by atoms with E-state index >= 15 is 0 Å². The molecule has 8 heteroatoms. The number of likely N-dealkylation sites (N-methyl/N-ethyl adjacent to an activating group) is 1. The van der Waals surface area contributed by atoms with E-state index in [-0.39, 0.29) is 0 Å². The van der Waals surface area contributed by atoms with Crippen LogP contribution < -0.4 is 15.5 Å². The molecule has 1 aliphatic rings. The third-order valence-electron chi connectivity index (χ3n) is 4.61. The molecular weight excluding hydrogens is 356 g/mol. The second-order valence-corrected chi connectivity index (χ2v) is 6.86. The van der Waals surface area contributed by atoms with E-state index in [1.54, 1.807) is 7.11 Å². The highest BCUT2D eigenvalue weighted by molar-refractivity contribution is 5.79. The Morgan fingerprint density at radius 3 is 2.75 bits per heavy atom. The van der Waals surface area contributed by atoms with Crippen LogP contribution in [-0.4, -0.2) is 89.1 Å². The molecule has 0 aromatic carbocycles. The lowest BCUT2D eigenvalue weighted by atomic mass is 10.2. The first-order valence-electron chi connectivity index (χ1n) is 10.2. The predicted octanol–water partition coefficient (Wildman–Crippen LogP) is 0.942. The molecule has 1 saturated heterocycles. The Bertz CT molecular complexity index is 576. The lowest BCUT2D eigenvalue weighted by molar-refractivity contribution is 0.0698. The standard InChI is InChI=1S/C20H36N6O2/c1-4-21-20(23-9-6-14-28-16-15-27-3)24-17-18-7-5-8-22-19(18)26-12-10-25(2)11-13-26/h5,7-8H,4,6,9-17H2,1-3H3,(H2,21,23,24). The molecule has 1 aliphatic heterocycles. The lowest BCUT2D eigenvalue weighted by Gasteiger charge is -2.34.